The van der Waals surface area contributed by atoms with Gasteiger partial charge >= 0.3 is 0 Å². The monoisotopic (exact) mass is 282 g/mol. The molecule has 0 saturated heterocycles. The van der Waals surface area contributed by atoms with Gasteiger partial charge in [-0.2, -0.15) is 5.10 Å². The standard InChI is InChI=1S/C14H10N4O3/c1-7(19)17-11-4-12(20)9-2-3-10(8-5-15-16-6-8)18-13(9)14(11)21/h2-6H,1H3,(H,15,16)(H,17,19). The molecule has 2 aromatic heterocycles. The van der Waals surface area contributed by atoms with E-state index in [2.05, 4.69) is 20.5 Å². The molecule has 0 aliphatic heterocycles. The molecule has 7 heteroatoms. The van der Waals surface area contributed by atoms with Crippen LogP contribution in [0.4, 0.5) is 0 Å². The Kier molecular flexibility index (Phi) is 2.94. The van der Waals surface area contributed by atoms with E-state index in [1.807, 2.05) is 0 Å². The van der Waals surface area contributed by atoms with Crippen LogP contribution in [0.25, 0.3) is 11.3 Å². The van der Waals surface area contributed by atoms with E-state index < -0.39 is 11.7 Å². The lowest BCUT2D eigenvalue weighted by Gasteiger charge is -2.15. The molecule has 3 rings (SSSR count). The summed E-state index contributed by atoms with van der Waals surface area (Å²) in [5, 5.41) is 8.82. The maximum Gasteiger partial charge on any atom is 0.228 e. The molecule has 0 atom stereocenters. The fourth-order valence-corrected chi connectivity index (χ4v) is 2.07. The van der Waals surface area contributed by atoms with E-state index in [0.717, 1.165) is 6.08 Å². The fraction of sp³-hybridized carbons (Fsp3) is 0.0714. The van der Waals surface area contributed by atoms with E-state index in [4.69, 9.17) is 0 Å². The Hall–Kier alpha value is -3.09. The second kappa shape index (κ2) is 4.78. The van der Waals surface area contributed by atoms with Gasteiger partial charge < -0.3 is 5.32 Å². The van der Waals surface area contributed by atoms with Gasteiger partial charge in [-0.3, -0.25) is 19.5 Å². The third kappa shape index (κ3) is 2.25. The maximum absolute atomic E-state index is 12.3. The van der Waals surface area contributed by atoms with Crippen LogP contribution in [-0.2, 0) is 4.79 Å². The first-order chi connectivity index (χ1) is 10.1. The molecule has 0 unspecified atom stereocenters. The number of fused-ring (bicyclic) bond motifs is 1. The number of ketones is 2. The lowest BCUT2D eigenvalue weighted by atomic mass is 9.96. The molecule has 0 saturated carbocycles. The van der Waals surface area contributed by atoms with Gasteiger partial charge in [0.1, 0.15) is 5.69 Å². The summed E-state index contributed by atoms with van der Waals surface area (Å²) < 4.78 is 0. The van der Waals surface area contributed by atoms with Crippen molar-refractivity contribution in [2.24, 2.45) is 0 Å². The van der Waals surface area contributed by atoms with Crippen molar-refractivity contribution in [2.45, 2.75) is 6.92 Å². The number of aromatic nitrogens is 3. The number of Topliss-reactive ketones (excluding diaryl/α,β-unsaturated/α-hetero) is 1. The number of rotatable bonds is 2. The molecule has 2 heterocycles. The molecule has 2 N–H and O–H groups in total. The lowest BCUT2D eigenvalue weighted by Crippen LogP contribution is -2.30. The topological polar surface area (TPSA) is 105 Å². The smallest absolute Gasteiger partial charge is 0.228 e. The number of aromatic amines is 1. The SMILES string of the molecule is CC(=O)NC1=CC(=O)c2ccc(-c3cn[nH]c3)nc2C1=O. The number of H-pyrrole nitrogens is 1. The predicted molar refractivity (Wildman–Crippen MR) is 72.4 cm³/mol. The molecule has 104 valence electrons. The molecule has 2 aromatic rings. The molecule has 1 aliphatic rings. The van der Waals surface area contributed by atoms with Crippen LogP contribution in [0, 0.1) is 0 Å². The third-order valence-electron chi connectivity index (χ3n) is 3.00. The van der Waals surface area contributed by atoms with Gasteiger partial charge in [0.05, 0.1) is 23.2 Å². The van der Waals surface area contributed by atoms with Crippen molar-refractivity contribution in [3.05, 3.63) is 47.6 Å². The number of pyridine rings is 1. The number of hydrogen-bond acceptors (Lipinski definition) is 5. The first-order valence-corrected chi connectivity index (χ1v) is 6.15. The normalized spacial score (nSPS) is 13.7. The molecule has 0 radical (unpaired) electrons. The molecule has 21 heavy (non-hydrogen) atoms. The van der Waals surface area contributed by atoms with Gasteiger partial charge in [0.25, 0.3) is 0 Å². The Morgan fingerprint density at radius 1 is 1.29 bits per heavy atom. The Morgan fingerprint density at radius 3 is 2.76 bits per heavy atom. The third-order valence-corrected chi connectivity index (χ3v) is 3.00. The lowest BCUT2D eigenvalue weighted by molar-refractivity contribution is -0.118. The van der Waals surface area contributed by atoms with E-state index in [-0.39, 0.29) is 22.7 Å². The van der Waals surface area contributed by atoms with E-state index in [9.17, 15) is 14.4 Å². The highest BCUT2D eigenvalue weighted by Crippen LogP contribution is 2.23. The first kappa shape index (κ1) is 12.9. The summed E-state index contributed by atoms with van der Waals surface area (Å²) in [5.41, 5.74) is 1.42. The number of carbonyl (C=O) groups excluding carboxylic acids is 3. The van der Waals surface area contributed by atoms with Gasteiger partial charge in [-0.05, 0) is 12.1 Å². The Bertz CT molecular complexity index is 791. The van der Waals surface area contributed by atoms with Gasteiger partial charge in [-0.1, -0.05) is 0 Å². The van der Waals surface area contributed by atoms with Crippen LogP contribution in [0.15, 0.2) is 36.3 Å². The minimum atomic E-state index is -0.481. The van der Waals surface area contributed by atoms with Gasteiger partial charge in [0.2, 0.25) is 11.7 Å². The van der Waals surface area contributed by atoms with E-state index in [1.54, 1.807) is 24.5 Å². The second-order valence-electron chi connectivity index (χ2n) is 4.51. The van der Waals surface area contributed by atoms with Crippen LogP contribution in [0.5, 0.6) is 0 Å². The van der Waals surface area contributed by atoms with Crippen LogP contribution in [0.1, 0.15) is 27.8 Å². The highest BCUT2D eigenvalue weighted by Gasteiger charge is 2.28. The quantitative estimate of drug-likeness (QED) is 0.850. The second-order valence-corrected chi connectivity index (χ2v) is 4.51. The van der Waals surface area contributed by atoms with Crippen molar-refractivity contribution in [1.82, 2.24) is 20.5 Å². The summed E-state index contributed by atoms with van der Waals surface area (Å²) in [7, 11) is 0. The molecular weight excluding hydrogens is 272 g/mol. The van der Waals surface area contributed by atoms with Crippen LogP contribution >= 0.6 is 0 Å². The van der Waals surface area contributed by atoms with E-state index in [1.165, 1.54) is 6.92 Å². The first-order valence-electron chi connectivity index (χ1n) is 6.15. The summed E-state index contributed by atoms with van der Waals surface area (Å²) in [6.07, 6.45) is 4.31. The zero-order valence-electron chi connectivity index (χ0n) is 11.0. The highest BCUT2D eigenvalue weighted by atomic mass is 16.2. The molecule has 1 aliphatic carbocycles. The van der Waals surface area contributed by atoms with Crippen LogP contribution < -0.4 is 5.32 Å². The largest absolute Gasteiger partial charge is 0.323 e. The zero-order valence-corrected chi connectivity index (χ0v) is 11.0. The summed E-state index contributed by atoms with van der Waals surface area (Å²) in [4.78, 5) is 39.6. The number of carbonyl (C=O) groups is 3. The van der Waals surface area contributed by atoms with E-state index >= 15 is 0 Å². The molecule has 1 amide bonds. The number of nitrogens with one attached hydrogen (secondary N) is 2. The number of hydrogen-bond donors (Lipinski definition) is 2. The summed E-state index contributed by atoms with van der Waals surface area (Å²) in [6, 6.07) is 3.19. The molecule has 0 bridgehead atoms. The maximum atomic E-state index is 12.3. The minimum Gasteiger partial charge on any atom is -0.323 e. The van der Waals surface area contributed by atoms with Crippen molar-refractivity contribution < 1.29 is 14.4 Å². The van der Waals surface area contributed by atoms with Crippen molar-refractivity contribution in [3.8, 4) is 11.3 Å². The Balaban J connectivity index is 2.07. The van der Waals surface area contributed by atoms with Gasteiger partial charge in [0.15, 0.2) is 5.78 Å². The fourth-order valence-electron chi connectivity index (χ4n) is 2.07. The molecular formula is C14H10N4O3. The Labute approximate surface area is 119 Å². The highest BCUT2D eigenvalue weighted by molar-refractivity contribution is 6.24. The molecule has 0 fully saturated rings. The molecule has 0 spiro atoms. The minimum absolute atomic E-state index is 0.0324. The average Bonchev–Trinajstić information content (AvgIpc) is 2.97. The number of nitrogens with zero attached hydrogens (tertiary/aromatic N) is 2. The van der Waals surface area contributed by atoms with Crippen molar-refractivity contribution in [2.75, 3.05) is 0 Å². The summed E-state index contributed by atoms with van der Waals surface area (Å²) in [6.45, 7) is 1.27. The van der Waals surface area contributed by atoms with Gasteiger partial charge in [-0.15, -0.1) is 0 Å². The van der Waals surface area contributed by atoms with Crippen molar-refractivity contribution in [1.29, 1.82) is 0 Å². The van der Waals surface area contributed by atoms with Gasteiger partial charge in [0, 0.05) is 24.8 Å². The predicted octanol–water partition coefficient (Wildman–Crippen LogP) is 0.871. The number of amides is 1. The van der Waals surface area contributed by atoms with Crippen LogP contribution in [0.3, 0.4) is 0 Å². The average molecular weight is 282 g/mol. The van der Waals surface area contributed by atoms with Gasteiger partial charge in [-0.25, -0.2) is 4.98 Å². The zero-order chi connectivity index (χ0) is 15.0. The molecule has 0 aromatic carbocycles. The Morgan fingerprint density at radius 2 is 2.10 bits per heavy atom. The molecule has 7 nitrogen and oxygen atoms in total. The van der Waals surface area contributed by atoms with Crippen molar-refractivity contribution >= 4 is 17.5 Å². The summed E-state index contributed by atoms with van der Waals surface area (Å²) in [5.74, 6) is -1.26. The van der Waals surface area contributed by atoms with Crippen molar-refractivity contribution in [3.63, 3.8) is 0 Å². The summed E-state index contributed by atoms with van der Waals surface area (Å²) >= 11 is 0. The number of allylic oxidation sites excluding steroid dienone is 2. The van der Waals surface area contributed by atoms with Crippen LogP contribution in [0.2, 0.25) is 0 Å². The van der Waals surface area contributed by atoms with E-state index in [0.29, 0.717) is 11.3 Å². The van der Waals surface area contributed by atoms with Crippen LogP contribution in [-0.4, -0.2) is 32.7 Å².